The smallest absolute Gasteiger partial charge is 0.207 e. The summed E-state index contributed by atoms with van der Waals surface area (Å²) in [7, 11) is -3.50. The summed E-state index contributed by atoms with van der Waals surface area (Å²) in [6.45, 7) is 1.94. The number of nitrogens with one attached hydrogen (secondary N) is 1. The Morgan fingerprint density at radius 1 is 1.05 bits per heavy atom. The Morgan fingerprint density at radius 3 is 2.24 bits per heavy atom. The molecule has 1 atom stereocenters. The number of alkyl halides is 1. The minimum Gasteiger partial charge on any atom is -0.207 e. The first kappa shape index (κ1) is 16.5. The van der Waals surface area contributed by atoms with E-state index in [4.69, 9.17) is 0 Å². The van der Waals surface area contributed by atoms with Crippen LogP contribution in [0.25, 0.3) is 0 Å². The number of hydrogen-bond acceptors (Lipinski definition) is 2. The van der Waals surface area contributed by atoms with E-state index in [-0.39, 0.29) is 6.04 Å². The second-order valence-corrected chi connectivity index (χ2v) is 7.67. The molecule has 2 aromatic rings. The third-order valence-electron chi connectivity index (χ3n) is 3.23. The summed E-state index contributed by atoms with van der Waals surface area (Å²) in [5.41, 5.74) is 2.03. The molecule has 0 radical (unpaired) electrons. The van der Waals surface area contributed by atoms with Crippen LogP contribution in [0, 0.1) is 6.92 Å². The van der Waals surface area contributed by atoms with E-state index >= 15 is 0 Å². The van der Waals surface area contributed by atoms with Crippen LogP contribution >= 0.6 is 22.6 Å². The minimum atomic E-state index is -3.50. The molecule has 3 nitrogen and oxygen atoms in total. The fourth-order valence-electron chi connectivity index (χ4n) is 2.06. The van der Waals surface area contributed by atoms with Gasteiger partial charge < -0.3 is 0 Å². The van der Waals surface area contributed by atoms with Gasteiger partial charge in [-0.3, -0.25) is 0 Å². The van der Waals surface area contributed by atoms with Crippen molar-refractivity contribution in [3.8, 4) is 0 Å². The van der Waals surface area contributed by atoms with E-state index in [1.54, 1.807) is 12.1 Å². The van der Waals surface area contributed by atoms with Gasteiger partial charge in [-0.15, -0.1) is 0 Å². The summed E-state index contributed by atoms with van der Waals surface area (Å²) in [4.78, 5) is 0.308. The molecule has 1 N–H and O–H groups in total. The molecule has 0 aliphatic heterocycles. The third-order valence-corrected chi connectivity index (χ3v) is 5.34. The summed E-state index contributed by atoms with van der Waals surface area (Å²) in [5, 5.41) is 0. The van der Waals surface area contributed by atoms with Crippen LogP contribution in [0.2, 0.25) is 0 Å². The predicted molar refractivity (Wildman–Crippen MR) is 94.2 cm³/mol. The molecule has 0 amide bonds. The van der Waals surface area contributed by atoms with Crippen molar-refractivity contribution in [1.29, 1.82) is 0 Å². The fraction of sp³-hybridized carbons (Fsp3) is 0.250. The molecule has 0 aromatic heterocycles. The largest absolute Gasteiger partial charge is 0.241 e. The second-order valence-electron chi connectivity index (χ2n) is 4.88. The van der Waals surface area contributed by atoms with Crippen molar-refractivity contribution in [2.24, 2.45) is 0 Å². The molecule has 0 fully saturated rings. The summed E-state index contributed by atoms with van der Waals surface area (Å²) in [6.07, 6.45) is 0.760. The van der Waals surface area contributed by atoms with Gasteiger partial charge in [0, 0.05) is 10.5 Å². The molecule has 0 saturated carbocycles. The van der Waals surface area contributed by atoms with Crippen molar-refractivity contribution in [3.05, 3.63) is 65.7 Å². The first-order valence-electron chi connectivity index (χ1n) is 6.73. The molecule has 0 bridgehead atoms. The molecule has 2 aromatic carbocycles. The summed E-state index contributed by atoms with van der Waals surface area (Å²) in [6, 6.07) is 16.4. The Bertz CT molecular complexity index is 669. The highest BCUT2D eigenvalue weighted by Crippen LogP contribution is 2.21. The van der Waals surface area contributed by atoms with Crippen LogP contribution in [0.3, 0.4) is 0 Å². The molecule has 1 unspecified atom stereocenters. The fourth-order valence-corrected chi connectivity index (χ4v) is 3.94. The zero-order valence-corrected chi connectivity index (χ0v) is 14.8. The number of halogens is 1. The molecule has 0 aliphatic rings. The Kier molecular flexibility index (Phi) is 5.78. The number of benzene rings is 2. The normalized spacial score (nSPS) is 13.0. The van der Waals surface area contributed by atoms with Crippen LogP contribution in [-0.4, -0.2) is 12.8 Å². The monoisotopic (exact) mass is 415 g/mol. The molecular formula is C16H18INO2S. The standard InChI is InChI=1S/C16H18INO2S/c1-13-7-9-15(10-8-13)21(19,20)18-16(11-12-17)14-5-3-2-4-6-14/h2-10,16,18H,11-12H2,1H3. The zero-order chi connectivity index (χ0) is 15.3. The van der Waals surface area contributed by atoms with Gasteiger partial charge in [-0.25, -0.2) is 13.1 Å². The van der Waals surface area contributed by atoms with Gasteiger partial charge in [0.2, 0.25) is 10.0 Å². The summed E-state index contributed by atoms with van der Waals surface area (Å²) in [5.74, 6) is 0. The van der Waals surface area contributed by atoms with Crippen molar-refractivity contribution in [2.75, 3.05) is 4.43 Å². The molecule has 0 saturated heterocycles. The van der Waals surface area contributed by atoms with E-state index in [0.29, 0.717) is 4.90 Å². The van der Waals surface area contributed by atoms with E-state index < -0.39 is 10.0 Å². The topological polar surface area (TPSA) is 46.2 Å². The van der Waals surface area contributed by atoms with Crippen molar-refractivity contribution in [3.63, 3.8) is 0 Å². The van der Waals surface area contributed by atoms with Gasteiger partial charge in [-0.1, -0.05) is 70.6 Å². The Hall–Kier alpha value is -0.920. The van der Waals surface area contributed by atoms with E-state index in [1.807, 2.05) is 49.4 Å². The van der Waals surface area contributed by atoms with E-state index in [9.17, 15) is 8.42 Å². The predicted octanol–water partition coefficient (Wildman–Crippen LogP) is 3.84. The van der Waals surface area contributed by atoms with Gasteiger partial charge in [0.25, 0.3) is 0 Å². The van der Waals surface area contributed by atoms with Crippen molar-refractivity contribution >= 4 is 32.6 Å². The van der Waals surface area contributed by atoms with Crippen LogP contribution in [0.1, 0.15) is 23.6 Å². The summed E-state index contributed by atoms with van der Waals surface area (Å²) < 4.78 is 28.7. The first-order chi connectivity index (χ1) is 10.0. The Morgan fingerprint density at radius 2 is 1.67 bits per heavy atom. The second kappa shape index (κ2) is 7.38. The maximum atomic E-state index is 12.5. The lowest BCUT2D eigenvalue weighted by atomic mass is 10.1. The number of sulfonamides is 1. The van der Waals surface area contributed by atoms with Crippen molar-refractivity contribution in [1.82, 2.24) is 4.72 Å². The lowest BCUT2D eigenvalue weighted by molar-refractivity contribution is 0.552. The SMILES string of the molecule is Cc1ccc(S(=O)(=O)NC(CCI)c2ccccc2)cc1. The molecule has 21 heavy (non-hydrogen) atoms. The molecule has 0 heterocycles. The van der Waals surface area contributed by atoms with Crippen LogP contribution in [-0.2, 0) is 10.0 Å². The molecule has 0 aliphatic carbocycles. The summed E-state index contributed by atoms with van der Waals surface area (Å²) >= 11 is 2.27. The number of hydrogen-bond donors (Lipinski definition) is 1. The average molecular weight is 415 g/mol. The molecule has 0 spiro atoms. The van der Waals surface area contributed by atoms with E-state index in [2.05, 4.69) is 27.3 Å². The molecule has 2 rings (SSSR count). The molecule has 112 valence electrons. The maximum absolute atomic E-state index is 12.5. The lowest BCUT2D eigenvalue weighted by Crippen LogP contribution is -2.29. The maximum Gasteiger partial charge on any atom is 0.241 e. The van der Waals surface area contributed by atoms with Crippen LogP contribution in [0.15, 0.2) is 59.5 Å². The average Bonchev–Trinajstić information content (AvgIpc) is 2.48. The lowest BCUT2D eigenvalue weighted by Gasteiger charge is -2.18. The quantitative estimate of drug-likeness (QED) is 0.576. The third kappa shape index (κ3) is 4.52. The van der Waals surface area contributed by atoms with E-state index in [1.165, 1.54) is 0 Å². The first-order valence-corrected chi connectivity index (χ1v) is 9.74. The molecular weight excluding hydrogens is 397 g/mol. The molecule has 5 heteroatoms. The minimum absolute atomic E-state index is 0.200. The number of rotatable bonds is 6. The van der Waals surface area contributed by atoms with Crippen LogP contribution in [0.4, 0.5) is 0 Å². The highest BCUT2D eigenvalue weighted by molar-refractivity contribution is 14.1. The van der Waals surface area contributed by atoms with Gasteiger partial charge >= 0.3 is 0 Å². The van der Waals surface area contributed by atoms with Crippen LogP contribution < -0.4 is 4.72 Å². The van der Waals surface area contributed by atoms with Crippen LogP contribution in [0.5, 0.6) is 0 Å². The van der Waals surface area contributed by atoms with Gasteiger partial charge in [0.1, 0.15) is 0 Å². The highest BCUT2D eigenvalue weighted by Gasteiger charge is 2.20. The van der Waals surface area contributed by atoms with E-state index in [0.717, 1.165) is 22.0 Å². The van der Waals surface area contributed by atoms with Gasteiger partial charge in [-0.05, 0) is 31.0 Å². The van der Waals surface area contributed by atoms with Crippen molar-refractivity contribution in [2.45, 2.75) is 24.3 Å². The van der Waals surface area contributed by atoms with Gasteiger partial charge in [0.15, 0.2) is 0 Å². The van der Waals surface area contributed by atoms with Gasteiger partial charge in [0.05, 0.1) is 4.90 Å². The number of aryl methyl sites for hydroxylation is 1. The zero-order valence-electron chi connectivity index (χ0n) is 11.8. The van der Waals surface area contributed by atoms with Crippen molar-refractivity contribution < 1.29 is 8.42 Å². The highest BCUT2D eigenvalue weighted by atomic mass is 127. The Labute approximate surface area is 140 Å². The Balaban J connectivity index is 2.25. The van der Waals surface area contributed by atoms with Gasteiger partial charge in [-0.2, -0.15) is 0 Å².